The van der Waals surface area contributed by atoms with E-state index in [9.17, 15) is 8.42 Å². The van der Waals surface area contributed by atoms with Crippen molar-refractivity contribution in [1.29, 1.82) is 0 Å². The van der Waals surface area contributed by atoms with Gasteiger partial charge in [-0.25, -0.2) is 8.42 Å². The van der Waals surface area contributed by atoms with Crippen molar-refractivity contribution < 1.29 is 8.42 Å². The van der Waals surface area contributed by atoms with Crippen LogP contribution in [0.4, 0.5) is 0 Å². The normalized spacial score (nSPS) is 11.6. The summed E-state index contributed by atoms with van der Waals surface area (Å²) in [6.45, 7) is 0.0693. The van der Waals surface area contributed by atoms with E-state index < -0.39 is 10.0 Å². The highest BCUT2D eigenvalue weighted by molar-refractivity contribution is 7.89. The van der Waals surface area contributed by atoms with Crippen molar-refractivity contribution in [2.24, 2.45) is 5.73 Å². The predicted molar refractivity (Wildman–Crippen MR) is 71.1 cm³/mol. The van der Waals surface area contributed by atoms with Gasteiger partial charge in [-0.15, -0.1) is 0 Å². The SMILES string of the molecule is CN(CC(N)=S)S(=O)(=O)CCc1ccccn1. The van der Waals surface area contributed by atoms with Crippen molar-refractivity contribution in [3.63, 3.8) is 0 Å². The molecule has 94 valence electrons. The number of rotatable bonds is 6. The first kappa shape index (κ1) is 14.0. The summed E-state index contributed by atoms with van der Waals surface area (Å²) in [5.41, 5.74) is 6.06. The fraction of sp³-hybridized carbons (Fsp3) is 0.400. The van der Waals surface area contributed by atoms with Crippen molar-refractivity contribution in [2.75, 3.05) is 19.3 Å². The number of hydrogen-bond acceptors (Lipinski definition) is 4. The average molecular weight is 273 g/mol. The zero-order chi connectivity index (χ0) is 12.9. The van der Waals surface area contributed by atoms with Crippen LogP contribution in [0.15, 0.2) is 24.4 Å². The first-order valence-electron chi connectivity index (χ1n) is 5.04. The Morgan fingerprint density at radius 1 is 1.53 bits per heavy atom. The maximum absolute atomic E-state index is 11.8. The molecule has 0 aromatic carbocycles. The van der Waals surface area contributed by atoms with Gasteiger partial charge in [-0.3, -0.25) is 4.98 Å². The van der Waals surface area contributed by atoms with Crippen LogP contribution in [0, 0.1) is 0 Å². The lowest BCUT2D eigenvalue weighted by Gasteiger charge is -2.15. The summed E-state index contributed by atoms with van der Waals surface area (Å²) in [7, 11) is -1.86. The molecule has 7 heteroatoms. The zero-order valence-corrected chi connectivity index (χ0v) is 11.2. The van der Waals surface area contributed by atoms with Crippen molar-refractivity contribution in [3.8, 4) is 0 Å². The Morgan fingerprint density at radius 2 is 2.24 bits per heavy atom. The first-order chi connectivity index (χ1) is 7.92. The predicted octanol–water partition coefficient (Wildman–Crippen LogP) is 0.172. The first-order valence-corrected chi connectivity index (χ1v) is 7.06. The summed E-state index contributed by atoms with van der Waals surface area (Å²) >= 11 is 4.68. The quantitative estimate of drug-likeness (QED) is 0.748. The van der Waals surface area contributed by atoms with Gasteiger partial charge < -0.3 is 5.73 Å². The third-order valence-electron chi connectivity index (χ3n) is 2.20. The Hall–Kier alpha value is -1.05. The van der Waals surface area contributed by atoms with Crippen molar-refractivity contribution >= 4 is 27.2 Å². The minimum atomic E-state index is -3.33. The second kappa shape index (κ2) is 6.04. The van der Waals surface area contributed by atoms with Crippen LogP contribution in [0.25, 0.3) is 0 Å². The number of hydrogen-bond donors (Lipinski definition) is 1. The number of pyridine rings is 1. The fourth-order valence-corrected chi connectivity index (χ4v) is 2.64. The van der Waals surface area contributed by atoms with E-state index >= 15 is 0 Å². The number of nitrogens with two attached hydrogens (primary N) is 1. The van der Waals surface area contributed by atoms with Crippen LogP contribution in [0.5, 0.6) is 0 Å². The highest BCUT2D eigenvalue weighted by atomic mass is 32.2. The van der Waals surface area contributed by atoms with Gasteiger partial charge in [0.25, 0.3) is 0 Å². The second-order valence-electron chi connectivity index (χ2n) is 3.61. The molecule has 1 aromatic heterocycles. The Bertz CT molecular complexity index is 474. The molecule has 1 heterocycles. The summed E-state index contributed by atoms with van der Waals surface area (Å²) < 4.78 is 24.8. The van der Waals surface area contributed by atoms with Crippen LogP contribution in [0.1, 0.15) is 5.69 Å². The van der Waals surface area contributed by atoms with Gasteiger partial charge in [0.15, 0.2) is 0 Å². The number of thiocarbonyl (C=S) groups is 1. The monoisotopic (exact) mass is 273 g/mol. The van der Waals surface area contributed by atoms with E-state index in [1.165, 1.54) is 7.05 Å². The topological polar surface area (TPSA) is 76.3 Å². The molecule has 1 aromatic rings. The molecular weight excluding hydrogens is 258 g/mol. The van der Waals surface area contributed by atoms with Gasteiger partial charge >= 0.3 is 0 Å². The number of likely N-dealkylation sites (N-methyl/N-ethyl adjacent to an activating group) is 1. The van der Waals surface area contributed by atoms with Gasteiger partial charge in [0.05, 0.1) is 17.3 Å². The van der Waals surface area contributed by atoms with Crippen molar-refractivity contribution in [2.45, 2.75) is 6.42 Å². The standard InChI is InChI=1S/C10H15N3O2S2/c1-13(8-10(11)16)17(14,15)7-5-9-4-2-3-6-12-9/h2-4,6H,5,7-8H2,1H3,(H2,11,16). The van der Waals surface area contributed by atoms with Crippen molar-refractivity contribution in [3.05, 3.63) is 30.1 Å². The summed E-state index contributed by atoms with van der Waals surface area (Å²) in [4.78, 5) is 4.23. The van der Waals surface area contributed by atoms with E-state index in [4.69, 9.17) is 5.73 Å². The maximum Gasteiger partial charge on any atom is 0.214 e. The van der Waals surface area contributed by atoms with Gasteiger partial charge in [0.1, 0.15) is 0 Å². The summed E-state index contributed by atoms with van der Waals surface area (Å²) in [6, 6.07) is 5.41. The summed E-state index contributed by atoms with van der Waals surface area (Å²) in [5.74, 6) is 0.00310. The number of nitrogens with zero attached hydrogens (tertiary/aromatic N) is 2. The van der Waals surface area contributed by atoms with E-state index in [0.717, 1.165) is 10.00 Å². The van der Waals surface area contributed by atoms with Gasteiger partial charge in [-0.1, -0.05) is 18.3 Å². The largest absolute Gasteiger partial charge is 0.392 e. The van der Waals surface area contributed by atoms with Crippen LogP contribution in [0.2, 0.25) is 0 Å². The molecule has 0 fully saturated rings. The molecule has 0 bridgehead atoms. The fourth-order valence-electron chi connectivity index (χ4n) is 1.25. The second-order valence-corrected chi connectivity index (χ2v) is 6.33. The minimum Gasteiger partial charge on any atom is -0.392 e. The molecule has 0 saturated carbocycles. The lowest BCUT2D eigenvalue weighted by Crippen LogP contribution is -2.36. The number of aryl methyl sites for hydroxylation is 1. The van der Waals surface area contributed by atoms with Crippen LogP contribution in [-0.4, -0.2) is 42.0 Å². The molecule has 0 aliphatic rings. The Balaban J connectivity index is 2.59. The lowest BCUT2D eigenvalue weighted by atomic mass is 10.3. The minimum absolute atomic E-state index is 0.00310. The molecule has 2 N–H and O–H groups in total. The Labute approximate surface area is 107 Å². The molecule has 0 atom stereocenters. The lowest BCUT2D eigenvalue weighted by molar-refractivity contribution is 0.505. The molecule has 1 rings (SSSR count). The van der Waals surface area contributed by atoms with E-state index in [0.29, 0.717) is 6.42 Å². The number of aromatic nitrogens is 1. The van der Waals surface area contributed by atoms with E-state index in [2.05, 4.69) is 17.2 Å². The van der Waals surface area contributed by atoms with Gasteiger partial charge in [0.2, 0.25) is 10.0 Å². The molecule has 0 spiro atoms. The summed E-state index contributed by atoms with van der Waals surface area (Å²) in [6.07, 6.45) is 2.02. The maximum atomic E-state index is 11.8. The van der Waals surface area contributed by atoms with Gasteiger partial charge in [0, 0.05) is 25.4 Å². The molecule has 0 unspecified atom stereocenters. The van der Waals surface area contributed by atoms with Crippen molar-refractivity contribution in [1.82, 2.24) is 9.29 Å². The molecule has 5 nitrogen and oxygen atoms in total. The highest BCUT2D eigenvalue weighted by Crippen LogP contribution is 2.02. The molecule has 0 radical (unpaired) electrons. The molecular formula is C10H15N3O2S2. The van der Waals surface area contributed by atoms with Gasteiger partial charge in [-0.2, -0.15) is 4.31 Å². The van der Waals surface area contributed by atoms with Crippen LogP contribution < -0.4 is 5.73 Å². The molecule has 0 aliphatic carbocycles. The van der Waals surface area contributed by atoms with Gasteiger partial charge in [-0.05, 0) is 12.1 Å². The Kier molecular flexibility index (Phi) is 4.98. The average Bonchev–Trinajstić information content (AvgIpc) is 2.27. The van der Waals surface area contributed by atoms with E-state index in [1.54, 1.807) is 18.3 Å². The number of sulfonamides is 1. The third kappa shape index (κ3) is 4.76. The van der Waals surface area contributed by atoms with Crippen LogP contribution in [0.3, 0.4) is 0 Å². The Morgan fingerprint density at radius 3 is 2.76 bits per heavy atom. The molecule has 0 saturated heterocycles. The molecule has 17 heavy (non-hydrogen) atoms. The van der Waals surface area contributed by atoms with E-state index in [1.807, 2.05) is 6.07 Å². The van der Waals surface area contributed by atoms with E-state index in [-0.39, 0.29) is 17.3 Å². The molecule has 0 aliphatic heterocycles. The highest BCUT2D eigenvalue weighted by Gasteiger charge is 2.18. The summed E-state index contributed by atoms with van der Waals surface area (Å²) in [5, 5.41) is 0. The zero-order valence-electron chi connectivity index (χ0n) is 9.54. The van der Waals surface area contributed by atoms with Crippen LogP contribution in [-0.2, 0) is 16.4 Å². The third-order valence-corrected chi connectivity index (χ3v) is 4.12. The smallest absolute Gasteiger partial charge is 0.214 e. The molecule has 0 amide bonds. The van der Waals surface area contributed by atoms with Crippen LogP contribution >= 0.6 is 12.2 Å².